The van der Waals surface area contributed by atoms with Gasteiger partial charge in [0.05, 0.1) is 6.04 Å². The van der Waals surface area contributed by atoms with Crippen molar-refractivity contribution in [1.82, 2.24) is 10.2 Å². The summed E-state index contributed by atoms with van der Waals surface area (Å²) in [5, 5.41) is 3.38. The quantitative estimate of drug-likeness (QED) is 0.565. The van der Waals surface area contributed by atoms with Crippen LogP contribution in [-0.2, 0) is 4.79 Å². The molecule has 1 amide bonds. The van der Waals surface area contributed by atoms with Gasteiger partial charge in [-0.3, -0.25) is 10.1 Å². The van der Waals surface area contributed by atoms with Crippen molar-refractivity contribution in [3.8, 4) is 0 Å². The number of nitrogens with zero attached hydrogens (tertiary/aromatic N) is 1. The van der Waals surface area contributed by atoms with Crippen molar-refractivity contribution >= 4 is 5.91 Å². The molecule has 4 heteroatoms. The van der Waals surface area contributed by atoms with Crippen LogP contribution >= 0.6 is 0 Å². The molecule has 0 bridgehead atoms. The number of carbonyl (C=O) groups is 1. The van der Waals surface area contributed by atoms with Gasteiger partial charge < -0.3 is 10.6 Å². The molecule has 0 radical (unpaired) electrons. The summed E-state index contributed by atoms with van der Waals surface area (Å²) >= 11 is 0. The number of nitrogens with one attached hydrogen (secondary N) is 1. The molecule has 2 unspecified atom stereocenters. The van der Waals surface area contributed by atoms with Gasteiger partial charge in [0, 0.05) is 12.1 Å². The van der Waals surface area contributed by atoms with Gasteiger partial charge in [0.15, 0.2) is 0 Å². The predicted octanol–water partition coefficient (Wildman–Crippen LogP) is -0.702. The first kappa shape index (κ1) is 8.97. The lowest BCUT2D eigenvalue weighted by molar-refractivity contribution is -0.119. The second-order valence-corrected chi connectivity index (χ2v) is 4.41. The molecule has 1 spiro atoms. The van der Waals surface area contributed by atoms with Gasteiger partial charge in [-0.05, 0) is 32.9 Å². The third-order valence-corrected chi connectivity index (χ3v) is 3.28. The van der Waals surface area contributed by atoms with Gasteiger partial charge in [-0.1, -0.05) is 0 Å². The number of hydrogen-bond donors (Lipinski definition) is 2. The van der Waals surface area contributed by atoms with E-state index in [4.69, 9.17) is 5.73 Å². The van der Waals surface area contributed by atoms with E-state index in [9.17, 15) is 4.79 Å². The molecule has 2 aliphatic rings. The summed E-state index contributed by atoms with van der Waals surface area (Å²) in [6.07, 6.45) is 3.14. The van der Waals surface area contributed by atoms with E-state index in [1.165, 1.54) is 0 Å². The number of likely N-dealkylation sites (tertiary alicyclic amines) is 1. The highest BCUT2D eigenvalue weighted by molar-refractivity contribution is 5.80. The number of nitrogens with two attached hydrogens (primary N) is 1. The topological polar surface area (TPSA) is 58.4 Å². The van der Waals surface area contributed by atoms with E-state index in [0.717, 1.165) is 32.4 Å². The van der Waals surface area contributed by atoms with E-state index >= 15 is 0 Å². The number of amides is 1. The van der Waals surface area contributed by atoms with Crippen molar-refractivity contribution in [1.29, 1.82) is 0 Å². The molecule has 13 heavy (non-hydrogen) atoms. The summed E-state index contributed by atoms with van der Waals surface area (Å²) in [5.41, 5.74) is 5.46. The van der Waals surface area contributed by atoms with Crippen LogP contribution in [0.2, 0.25) is 0 Å². The predicted molar refractivity (Wildman–Crippen MR) is 50.2 cm³/mol. The molecule has 2 fully saturated rings. The minimum absolute atomic E-state index is 0.0912. The fraction of sp³-hybridized carbons (Fsp3) is 0.889. The fourth-order valence-electron chi connectivity index (χ4n) is 2.55. The van der Waals surface area contributed by atoms with Crippen molar-refractivity contribution in [3.05, 3.63) is 0 Å². The van der Waals surface area contributed by atoms with E-state index in [1.54, 1.807) is 0 Å². The summed E-state index contributed by atoms with van der Waals surface area (Å²) in [4.78, 5) is 13.3. The number of rotatable bonds is 1. The van der Waals surface area contributed by atoms with Crippen LogP contribution in [0.25, 0.3) is 0 Å². The van der Waals surface area contributed by atoms with E-state index in [0.29, 0.717) is 0 Å². The molecule has 2 heterocycles. The highest BCUT2D eigenvalue weighted by atomic mass is 16.1. The van der Waals surface area contributed by atoms with Gasteiger partial charge in [0.25, 0.3) is 0 Å². The molecule has 2 saturated heterocycles. The first-order chi connectivity index (χ1) is 6.11. The minimum atomic E-state index is -0.202. The number of likely N-dealkylation sites (N-methyl/N-ethyl adjacent to an activating group) is 1. The number of hydrogen-bond acceptors (Lipinski definition) is 3. The monoisotopic (exact) mass is 183 g/mol. The van der Waals surface area contributed by atoms with Gasteiger partial charge in [0.1, 0.15) is 0 Å². The highest BCUT2D eigenvalue weighted by Gasteiger charge is 2.43. The summed E-state index contributed by atoms with van der Waals surface area (Å²) < 4.78 is 0. The maximum absolute atomic E-state index is 11.0. The van der Waals surface area contributed by atoms with Gasteiger partial charge in [-0.25, -0.2) is 0 Å². The van der Waals surface area contributed by atoms with E-state index in [2.05, 4.69) is 17.3 Å². The third kappa shape index (κ3) is 1.56. The lowest BCUT2D eigenvalue weighted by Crippen LogP contribution is -2.48. The number of carbonyl (C=O) groups excluding carboxylic acids is 1. The van der Waals surface area contributed by atoms with Crippen LogP contribution in [0.1, 0.15) is 19.3 Å². The molecule has 2 aliphatic heterocycles. The Bertz CT molecular complexity index is 231. The molecular formula is C9H17N3O. The molecular weight excluding hydrogens is 166 g/mol. The fourth-order valence-corrected chi connectivity index (χ4v) is 2.55. The van der Waals surface area contributed by atoms with Crippen LogP contribution in [0.3, 0.4) is 0 Å². The Morgan fingerprint density at radius 3 is 2.85 bits per heavy atom. The van der Waals surface area contributed by atoms with Crippen molar-refractivity contribution in [2.45, 2.75) is 30.8 Å². The Morgan fingerprint density at radius 1 is 1.62 bits per heavy atom. The standard InChI is InChI=1S/C9H17N3O/c1-12-5-4-9(6-12)3-2-7(11-9)8(10)13/h7,11H,2-6H2,1H3,(H2,10,13). The SMILES string of the molecule is CN1CCC2(CCC(C(N)=O)N2)C1. The van der Waals surface area contributed by atoms with Crippen LogP contribution in [0.15, 0.2) is 0 Å². The zero-order chi connectivity index (χ0) is 9.47. The first-order valence-electron chi connectivity index (χ1n) is 4.87. The van der Waals surface area contributed by atoms with Crippen LogP contribution in [0, 0.1) is 0 Å². The minimum Gasteiger partial charge on any atom is -0.368 e. The second kappa shape index (κ2) is 2.96. The van der Waals surface area contributed by atoms with Gasteiger partial charge >= 0.3 is 0 Å². The summed E-state index contributed by atoms with van der Waals surface area (Å²) in [5.74, 6) is -0.202. The highest BCUT2D eigenvalue weighted by Crippen LogP contribution is 2.31. The maximum atomic E-state index is 11.0. The zero-order valence-corrected chi connectivity index (χ0v) is 8.05. The molecule has 74 valence electrons. The summed E-state index contributed by atoms with van der Waals surface area (Å²) in [6, 6.07) is -0.0912. The molecule has 4 nitrogen and oxygen atoms in total. The second-order valence-electron chi connectivity index (χ2n) is 4.41. The molecule has 3 N–H and O–H groups in total. The van der Waals surface area contributed by atoms with E-state index < -0.39 is 0 Å². The Balaban J connectivity index is 2.01. The van der Waals surface area contributed by atoms with Crippen molar-refractivity contribution in [3.63, 3.8) is 0 Å². The lowest BCUT2D eigenvalue weighted by Gasteiger charge is -2.24. The van der Waals surface area contributed by atoms with Crippen LogP contribution in [-0.4, -0.2) is 42.5 Å². The molecule has 2 rings (SSSR count). The Hall–Kier alpha value is -0.610. The zero-order valence-electron chi connectivity index (χ0n) is 8.05. The summed E-state index contributed by atoms with van der Waals surface area (Å²) in [6.45, 7) is 2.18. The van der Waals surface area contributed by atoms with Crippen LogP contribution in [0.4, 0.5) is 0 Å². The van der Waals surface area contributed by atoms with Crippen molar-refractivity contribution < 1.29 is 4.79 Å². The van der Waals surface area contributed by atoms with Crippen molar-refractivity contribution in [2.75, 3.05) is 20.1 Å². The lowest BCUT2D eigenvalue weighted by atomic mass is 9.97. The smallest absolute Gasteiger partial charge is 0.234 e. The van der Waals surface area contributed by atoms with Gasteiger partial charge in [-0.15, -0.1) is 0 Å². The largest absolute Gasteiger partial charge is 0.368 e. The molecule has 0 saturated carbocycles. The normalized spacial score (nSPS) is 40.2. The van der Waals surface area contributed by atoms with Crippen molar-refractivity contribution in [2.24, 2.45) is 5.73 Å². The Morgan fingerprint density at radius 2 is 2.38 bits per heavy atom. The molecule has 0 aromatic heterocycles. The maximum Gasteiger partial charge on any atom is 0.234 e. The first-order valence-corrected chi connectivity index (χ1v) is 4.87. The number of primary amides is 1. The average molecular weight is 183 g/mol. The molecule has 0 aromatic rings. The van der Waals surface area contributed by atoms with E-state index in [1.807, 2.05) is 0 Å². The Kier molecular flexibility index (Phi) is 2.04. The summed E-state index contributed by atoms with van der Waals surface area (Å²) in [7, 11) is 2.12. The van der Waals surface area contributed by atoms with Crippen LogP contribution < -0.4 is 11.1 Å². The Labute approximate surface area is 78.5 Å². The average Bonchev–Trinajstić information content (AvgIpc) is 2.61. The van der Waals surface area contributed by atoms with Crippen LogP contribution in [0.5, 0.6) is 0 Å². The molecule has 0 aromatic carbocycles. The molecule has 2 atom stereocenters. The molecule has 0 aliphatic carbocycles. The van der Waals surface area contributed by atoms with E-state index in [-0.39, 0.29) is 17.5 Å². The third-order valence-electron chi connectivity index (χ3n) is 3.28. The van der Waals surface area contributed by atoms with Gasteiger partial charge in [0.2, 0.25) is 5.91 Å². The van der Waals surface area contributed by atoms with Gasteiger partial charge in [-0.2, -0.15) is 0 Å².